The van der Waals surface area contributed by atoms with Crippen molar-refractivity contribution in [1.29, 1.82) is 0 Å². The number of hydrogen-bond acceptors (Lipinski definition) is 4. The second kappa shape index (κ2) is 5.62. The Kier molecular flexibility index (Phi) is 4.08. The summed E-state index contributed by atoms with van der Waals surface area (Å²) in [6, 6.07) is 4.09. The molecule has 0 aromatic carbocycles. The van der Waals surface area contributed by atoms with Gasteiger partial charge in [-0.25, -0.2) is 9.97 Å². The molecule has 0 saturated heterocycles. The largest absolute Gasteiger partial charge is 0.433 e. The minimum absolute atomic E-state index is 0.00804. The normalized spacial score (nSPS) is 13.1. The standard InChI is InChI=1S/C12H10ClF3N4/c1-7(8-3-2-4-17-6-8)18-10-5-9(12(14,15)16)19-11(13)20-10/h2-7H,1H3,(H,18,19,20). The van der Waals surface area contributed by atoms with E-state index in [1.165, 1.54) is 0 Å². The van der Waals surface area contributed by atoms with Gasteiger partial charge in [-0.15, -0.1) is 0 Å². The topological polar surface area (TPSA) is 50.7 Å². The average molecular weight is 303 g/mol. The van der Waals surface area contributed by atoms with E-state index >= 15 is 0 Å². The van der Waals surface area contributed by atoms with Gasteiger partial charge in [0.2, 0.25) is 5.28 Å². The van der Waals surface area contributed by atoms with Crippen molar-refractivity contribution < 1.29 is 13.2 Å². The number of rotatable bonds is 3. The fourth-order valence-electron chi connectivity index (χ4n) is 1.57. The molecule has 1 atom stereocenters. The molecule has 0 aliphatic rings. The van der Waals surface area contributed by atoms with Crippen molar-refractivity contribution in [2.75, 3.05) is 5.32 Å². The molecule has 0 radical (unpaired) electrons. The summed E-state index contributed by atoms with van der Waals surface area (Å²) in [4.78, 5) is 10.8. The molecule has 0 aliphatic heterocycles. The summed E-state index contributed by atoms with van der Waals surface area (Å²) in [5.41, 5.74) is -0.269. The van der Waals surface area contributed by atoms with Crippen molar-refractivity contribution in [2.45, 2.75) is 19.1 Å². The zero-order valence-electron chi connectivity index (χ0n) is 10.3. The van der Waals surface area contributed by atoms with Crippen molar-refractivity contribution in [3.63, 3.8) is 0 Å². The van der Waals surface area contributed by atoms with Crippen molar-refractivity contribution in [3.05, 3.63) is 47.1 Å². The number of nitrogens with one attached hydrogen (secondary N) is 1. The molecule has 0 saturated carbocycles. The quantitative estimate of drug-likeness (QED) is 0.878. The summed E-state index contributed by atoms with van der Waals surface area (Å²) in [6.45, 7) is 1.78. The van der Waals surface area contributed by atoms with Crippen LogP contribution < -0.4 is 5.32 Å². The summed E-state index contributed by atoms with van der Waals surface area (Å²) < 4.78 is 37.9. The smallest absolute Gasteiger partial charge is 0.363 e. The summed E-state index contributed by atoms with van der Waals surface area (Å²) in [5, 5.41) is 2.38. The molecule has 2 aromatic heterocycles. The van der Waals surface area contributed by atoms with Gasteiger partial charge in [0.05, 0.1) is 6.04 Å². The average Bonchev–Trinajstić information content (AvgIpc) is 2.38. The molecule has 0 bridgehead atoms. The highest BCUT2D eigenvalue weighted by molar-refractivity contribution is 6.28. The highest BCUT2D eigenvalue weighted by Gasteiger charge is 2.33. The van der Waals surface area contributed by atoms with E-state index in [1.807, 2.05) is 0 Å². The predicted molar refractivity (Wildman–Crippen MR) is 68.3 cm³/mol. The minimum Gasteiger partial charge on any atom is -0.363 e. The zero-order valence-corrected chi connectivity index (χ0v) is 11.1. The Morgan fingerprint density at radius 1 is 1.30 bits per heavy atom. The summed E-state index contributed by atoms with van der Waals surface area (Å²) in [6.07, 6.45) is -1.34. The lowest BCUT2D eigenvalue weighted by Crippen LogP contribution is -2.13. The van der Waals surface area contributed by atoms with Crippen LogP contribution in [0.25, 0.3) is 0 Å². The van der Waals surface area contributed by atoms with Crippen molar-refractivity contribution in [1.82, 2.24) is 15.0 Å². The molecule has 4 nitrogen and oxygen atoms in total. The molecule has 2 aromatic rings. The number of anilines is 1. The van der Waals surface area contributed by atoms with Gasteiger partial charge in [-0.2, -0.15) is 13.2 Å². The zero-order chi connectivity index (χ0) is 14.8. The molecule has 2 rings (SSSR count). The predicted octanol–water partition coefficient (Wildman–Crippen LogP) is 3.72. The SMILES string of the molecule is CC(Nc1cc(C(F)(F)F)nc(Cl)n1)c1cccnc1. The molecule has 0 aliphatic carbocycles. The molecule has 8 heteroatoms. The third-order valence-electron chi connectivity index (χ3n) is 2.54. The Hall–Kier alpha value is -1.89. The maximum Gasteiger partial charge on any atom is 0.433 e. The van der Waals surface area contributed by atoms with Crippen LogP contribution >= 0.6 is 11.6 Å². The Morgan fingerprint density at radius 2 is 2.05 bits per heavy atom. The van der Waals surface area contributed by atoms with Gasteiger partial charge >= 0.3 is 6.18 Å². The van der Waals surface area contributed by atoms with Crippen molar-refractivity contribution >= 4 is 17.4 Å². The van der Waals surface area contributed by atoms with E-state index in [4.69, 9.17) is 11.6 Å². The molecule has 0 spiro atoms. The lowest BCUT2D eigenvalue weighted by atomic mass is 10.1. The molecular formula is C12H10ClF3N4. The molecular weight excluding hydrogens is 293 g/mol. The fourth-order valence-corrected chi connectivity index (χ4v) is 1.76. The van der Waals surface area contributed by atoms with Gasteiger partial charge in [-0.3, -0.25) is 4.98 Å². The first-order valence-corrected chi connectivity index (χ1v) is 6.02. The molecule has 20 heavy (non-hydrogen) atoms. The Labute approximate surface area is 118 Å². The van der Waals surface area contributed by atoms with Gasteiger partial charge in [0.1, 0.15) is 5.82 Å². The van der Waals surface area contributed by atoms with Crippen LogP contribution in [0.5, 0.6) is 0 Å². The maximum atomic E-state index is 12.6. The van der Waals surface area contributed by atoms with Gasteiger partial charge in [0.25, 0.3) is 0 Å². The van der Waals surface area contributed by atoms with Gasteiger partial charge in [0, 0.05) is 18.5 Å². The lowest BCUT2D eigenvalue weighted by molar-refractivity contribution is -0.141. The number of aromatic nitrogens is 3. The van der Waals surface area contributed by atoms with E-state index in [0.717, 1.165) is 11.6 Å². The Bertz CT molecular complexity index is 589. The number of halogens is 4. The highest BCUT2D eigenvalue weighted by Crippen LogP contribution is 2.30. The van der Waals surface area contributed by atoms with E-state index in [-0.39, 0.29) is 11.9 Å². The number of hydrogen-bond donors (Lipinski definition) is 1. The number of pyridine rings is 1. The third-order valence-corrected chi connectivity index (χ3v) is 2.71. The van der Waals surface area contributed by atoms with E-state index in [1.54, 1.807) is 31.5 Å². The van der Waals surface area contributed by atoms with Crippen molar-refractivity contribution in [2.24, 2.45) is 0 Å². The first-order chi connectivity index (χ1) is 9.36. The first kappa shape index (κ1) is 14.5. The second-order valence-corrected chi connectivity index (χ2v) is 4.40. The van der Waals surface area contributed by atoms with Crippen LogP contribution in [0.1, 0.15) is 24.2 Å². The van der Waals surface area contributed by atoms with E-state index in [0.29, 0.717) is 0 Å². The van der Waals surface area contributed by atoms with Gasteiger partial charge in [-0.05, 0) is 30.2 Å². The Balaban J connectivity index is 2.24. The molecule has 2 heterocycles. The van der Waals surface area contributed by atoms with E-state index < -0.39 is 17.2 Å². The highest BCUT2D eigenvalue weighted by atomic mass is 35.5. The number of nitrogens with zero attached hydrogens (tertiary/aromatic N) is 3. The van der Waals surface area contributed by atoms with Crippen LogP contribution in [0, 0.1) is 0 Å². The molecule has 0 fully saturated rings. The third kappa shape index (κ3) is 3.57. The van der Waals surface area contributed by atoms with Gasteiger partial charge in [-0.1, -0.05) is 6.07 Å². The minimum atomic E-state index is -4.57. The summed E-state index contributed by atoms with van der Waals surface area (Å²) in [7, 11) is 0. The maximum absolute atomic E-state index is 12.6. The van der Waals surface area contributed by atoms with E-state index in [9.17, 15) is 13.2 Å². The monoisotopic (exact) mass is 302 g/mol. The van der Waals surface area contributed by atoms with E-state index in [2.05, 4.69) is 20.3 Å². The van der Waals surface area contributed by atoms with Crippen LogP contribution in [0.3, 0.4) is 0 Å². The van der Waals surface area contributed by atoms with Gasteiger partial charge < -0.3 is 5.32 Å². The molecule has 0 amide bonds. The molecule has 1 N–H and O–H groups in total. The lowest BCUT2D eigenvalue weighted by Gasteiger charge is -2.15. The first-order valence-electron chi connectivity index (χ1n) is 5.64. The molecule has 1 unspecified atom stereocenters. The van der Waals surface area contributed by atoms with Crippen molar-refractivity contribution in [3.8, 4) is 0 Å². The Morgan fingerprint density at radius 3 is 2.65 bits per heavy atom. The van der Waals surface area contributed by atoms with Crippen LogP contribution in [-0.4, -0.2) is 15.0 Å². The summed E-state index contributed by atoms with van der Waals surface area (Å²) in [5.74, 6) is 0.00804. The van der Waals surface area contributed by atoms with Crippen LogP contribution in [-0.2, 0) is 6.18 Å². The second-order valence-electron chi connectivity index (χ2n) is 4.06. The molecule has 106 valence electrons. The van der Waals surface area contributed by atoms with Crippen LogP contribution in [0.2, 0.25) is 5.28 Å². The fraction of sp³-hybridized carbons (Fsp3) is 0.250. The van der Waals surface area contributed by atoms with Crippen LogP contribution in [0.15, 0.2) is 30.6 Å². The van der Waals surface area contributed by atoms with Crippen LogP contribution in [0.4, 0.5) is 19.0 Å². The number of alkyl halides is 3. The van der Waals surface area contributed by atoms with Gasteiger partial charge in [0.15, 0.2) is 5.69 Å². The summed E-state index contributed by atoms with van der Waals surface area (Å²) >= 11 is 5.51.